The molecule has 0 radical (unpaired) electrons. The normalized spacial score (nSPS) is 12.5. The quantitative estimate of drug-likeness (QED) is 0.736. The number of aromatic nitrogens is 1. The van der Waals surface area contributed by atoms with E-state index in [-0.39, 0.29) is 10.3 Å². The van der Waals surface area contributed by atoms with E-state index in [9.17, 15) is 8.42 Å². The van der Waals surface area contributed by atoms with Crippen LogP contribution in [0.2, 0.25) is 0 Å². The molecule has 6 heteroatoms. The van der Waals surface area contributed by atoms with Crippen LogP contribution in [-0.4, -0.2) is 13.4 Å². The number of rotatable bonds is 3. The lowest BCUT2D eigenvalue weighted by Crippen LogP contribution is -2.14. The van der Waals surface area contributed by atoms with Gasteiger partial charge in [0, 0.05) is 0 Å². The van der Waals surface area contributed by atoms with Crippen molar-refractivity contribution >= 4 is 36.7 Å². The van der Waals surface area contributed by atoms with E-state index in [4.69, 9.17) is 0 Å². The minimum atomic E-state index is -3.64. The first-order valence-electron chi connectivity index (χ1n) is 7.66. The summed E-state index contributed by atoms with van der Waals surface area (Å²) in [5, 5.41) is 0.388. The second kappa shape index (κ2) is 5.86. The number of nitrogens with zero attached hydrogens (tertiary/aromatic N) is 1. The molecule has 4 nitrogen and oxygen atoms in total. The molecule has 0 aliphatic rings. The summed E-state index contributed by atoms with van der Waals surface area (Å²) in [6.07, 6.45) is 0. The molecule has 0 unspecified atom stereocenters. The zero-order chi connectivity index (χ0) is 17.5. The molecule has 3 aromatic rings. The Bertz CT molecular complexity index is 982. The van der Waals surface area contributed by atoms with Gasteiger partial charge in [0.15, 0.2) is 5.13 Å². The number of nitrogens with one attached hydrogen (secondary N) is 1. The van der Waals surface area contributed by atoms with Crippen LogP contribution in [-0.2, 0) is 15.4 Å². The Balaban J connectivity index is 1.91. The first-order valence-corrected chi connectivity index (χ1v) is 9.96. The van der Waals surface area contributed by atoms with Crippen LogP contribution in [0.4, 0.5) is 5.13 Å². The van der Waals surface area contributed by atoms with Gasteiger partial charge in [-0.1, -0.05) is 56.4 Å². The van der Waals surface area contributed by atoms with Gasteiger partial charge < -0.3 is 0 Å². The van der Waals surface area contributed by atoms with E-state index in [0.29, 0.717) is 5.13 Å². The molecule has 0 bridgehead atoms. The number of benzene rings is 2. The van der Waals surface area contributed by atoms with Gasteiger partial charge in [-0.3, -0.25) is 4.72 Å². The smallest absolute Gasteiger partial charge is 0.255 e. The van der Waals surface area contributed by atoms with E-state index in [1.807, 2.05) is 37.3 Å². The van der Waals surface area contributed by atoms with E-state index < -0.39 is 10.0 Å². The molecule has 0 saturated carbocycles. The van der Waals surface area contributed by atoms with Gasteiger partial charge in [-0.05, 0) is 41.7 Å². The molecule has 1 heterocycles. The van der Waals surface area contributed by atoms with Crippen LogP contribution in [0.5, 0.6) is 0 Å². The van der Waals surface area contributed by atoms with Crippen LogP contribution in [0.25, 0.3) is 10.2 Å². The highest BCUT2D eigenvalue weighted by molar-refractivity contribution is 7.93. The first-order chi connectivity index (χ1) is 11.2. The molecular formula is C18H20N2O2S2. The van der Waals surface area contributed by atoms with Crippen LogP contribution < -0.4 is 4.72 Å². The topological polar surface area (TPSA) is 59.1 Å². The zero-order valence-electron chi connectivity index (χ0n) is 14.1. The molecule has 3 rings (SSSR count). The van der Waals surface area contributed by atoms with Gasteiger partial charge in [-0.25, -0.2) is 13.4 Å². The van der Waals surface area contributed by atoms with Crippen molar-refractivity contribution in [2.45, 2.75) is 38.0 Å². The average molecular weight is 361 g/mol. The predicted octanol–water partition coefficient (Wildman–Crippen LogP) is 4.70. The molecule has 0 amide bonds. The lowest BCUT2D eigenvalue weighted by Gasteiger charge is -2.19. The highest BCUT2D eigenvalue weighted by Gasteiger charge is 2.19. The monoisotopic (exact) mass is 360 g/mol. The number of thiazole rings is 1. The van der Waals surface area contributed by atoms with E-state index >= 15 is 0 Å². The molecular weight excluding hydrogens is 340 g/mol. The van der Waals surface area contributed by atoms with Gasteiger partial charge in [0.05, 0.1) is 15.1 Å². The summed E-state index contributed by atoms with van der Waals surface area (Å²) in [6.45, 7) is 8.25. The standard InChI is InChI=1S/C18H20N2O2S2/c1-12-6-5-7-15-16(12)19-17(23-15)20-24(21,22)14-10-8-13(9-11-14)18(2,3)4/h5-11H,1-4H3,(H,19,20). The van der Waals surface area contributed by atoms with Gasteiger partial charge in [0.25, 0.3) is 10.0 Å². The van der Waals surface area contributed by atoms with E-state index in [2.05, 4.69) is 30.5 Å². The summed E-state index contributed by atoms with van der Waals surface area (Å²) < 4.78 is 28.7. The Hall–Kier alpha value is -1.92. The second-order valence-electron chi connectivity index (χ2n) is 6.82. The maximum atomic E-state index is 12.6. The summed E-state index contributed by atoms with van der Waals surface area (Å²) >= 11 is 1.34. The van der Waals surface area contributed by atoms with Crippen molar-refractivity contribution in [1.82, 2.24) is 4.98 Å². The predicted molar refractivity (Wildman–Crippen MR) is 100 cm³/mol. The molecule has 0 aliphatic carbocycles. The maximum Gasteiger partial charge on any atom is 0.263 e. The van der Waals surface area contributed by atoms with Crippen molar-refractivity contribution in [3.8, 4) is 0 Å². The Kier molecular flexibility index (Phi) is 4.13. The number of para-hydroxylation sites is 1. The molecule has 0 saturated heterocycles. The Labute approximate surface area is 146 Å². The van der Waals surface area contributed by atoms with Gasteiger partial charge in [-0.15, -0.1) is 0 Å². The van der Waals surface area contributed by atoms with E-state index in [1.54, 1.807) is 12.1 Å². The summed E-state index contributed by atoms with van der Waals surface area (Å²) in [7, 11) is -3.64. The maximum absolute atomic E-state index is 12.6. The Morgan fingerprint density at radius 1 is 1.04 bits per heavy atom. The molecule has 2 aromatic carbocycles. The number of sulfonamides is 1. The number of hydrogen-bond donors (Lipinski definition) is 1. The van der Waals surface area contributed by atoms with Crippen molar-refractivity contribution < 1.29 is 8.42 Å². The van der Waals surface area contributed by atoms with Crippen molar-refractivity contribution in [2.24, 2.45) is 0 Å². The molecule has 126 valence electrons. The highest BCUT2D eigenvalue weighted by Crippen LogP contribution is 2.30. The summed E-state index contributed by atoms with van der Waals surface area (Å²) in [4.78, 5) is 4.65. The average Bonchev–Trinajstić information content (AvgIpc) is 2.90. The minimum Gasteiger partial charge on any atom is -0.255 e. The first kappa shape index (κ1) is 16.9. The summed E-state index contributed by atoms with van der Waals surface area (Å²) in [5.74, 6) is 0. The molecule has 0 fully saturated rings. The SMILES string of the molecule is Cc1cccc2sc(NS(=O)(=O)c3ccc(C(C)(C)C)cc3)nc12. The van der Waals surface area contributed by atoms with Gasteiger partial charge in [0.1, 0.15) is 0 Å². The lowest BCUT2D eigenvalue weighted by atomic mass is 9.87. The molecule has 0 atom stereocenters. The number of anilines is 1. The third-order valence-electron chi connectivity index (χ3n) is 3.87. The van der Waals surface area contributed by atoms with Crippen LogP contribution in [0.1, 0.15) is 31.9 Å². The fourth-order valence-electron chi connectivity index (χ4n) is 2.44. The summed E-state index contributed by atoms with van der Waals surface area (Å²) in [5.41, 5.74) is 2.95. The molecule has 0 spiro atoms. The van der Waals surface area contributed by atoms with E-state index in [1.165, 1.54) is 11.3 Å². The third-order valence-corrected chi connectivity index (χ3v) is 6.29. The fourth-order valence-corrected chi connectivity index (χ4v) is 4.62. The van der Waals surface area contributed by atoms with Crippen molar-refractivity contribution in [3.05, 3.63) is 53.6 Å². The van der Waals surface area contributed by atoms with Crippen molar-refractivity contribution in [2.75, 3.05) is 4.72 Å². The Morgan fingerprint density at radius 2 is 1.71 bits per heavy atom. The largest absolute Gasteiger partial charge is 0.263 e. The van der Waals surface area contributed by atoms with Crippen LogP contribution in [0.15, 0.2) is 47.4 Å². The van der Waals surface area contributed by atoms with Gasteiger partial charge >= 0.3 is 0 Å². The summed E-state index contributed by atoms with van der Waals surface area (Å²) in [6, 6.07) is 12.8. The van der Waals surface area contributed by atoms with Gasteiger partial charge in [-0.2, -0.15) is 0 Å². The van der Waals surface area contributed by atoms with Crippen LogP contribution >= 0.6 is 11.3 Å². The van der Waals surface area contributed by atoms with Crippen molar-refractivity contribution in [3.63, 3.8) is 0 Å². The number of aryl methyl sites for hydroxylation is 1. The number of fused-ring (bicyclic) bond motifs is 1. The second-order valence-corrected chi connectivity index (χ2v) is 9.53. The Morgan fingerprint density at radius 3 is 2.29 bits per heavy atom. The molecule has 24 heavy (non-hydrogen) atoms. The van der Waals surface area contributed by atoms with E-state index in [0.717, 1.165) is 21.3 Å². The zero-order valence-corrected chi connectivity index (χ0v) is 15.8. The van der Waals surface area contributed by atoms with Crippen molar-refractivity contribution in [1.29, 1.82) is 0 Å². The lowest BCUT2D eigenvalue weighted by molar-refractivity contribution is 0.587. The van der Waals surface area contributed by atoms with Crippen LogP contribution in [0.3, 0.4) is 0 Å². The highest BCUT2D eigenvalue weighted by atomic mass is 32.2. The molecule has 1 aromatic heterocycles. The third kappa shape index (κ3) is 3.30. The molecule has 0 aliphatic heterocycles. The fraction of sp³-hybridized carbons (Fsp3) is 0.278. The number of hydrogen-bond acceptors (Lipinski definition) is 4. The minimum absolute atomic E-state index is 0.0136. The molecule has 1 N–H and O–H groups in total. The van der Waals surface area contributed by atoms with Gasteiger partial charge in [0.2, 0.25) is 0 Å². The van der Waals surface area contributed by atoms with Crippen LogP contribution in [0, 0.1) is 6.92 Å².